The summed E-state index contributed by atoms with van der Waals surface area (Å²) in [6, 6.07) is 19.3. The van der Waals surface area contributed by atoms with E-state index in [1.54, 1.807) is 0 Å². The number of benzene rings is 2. The van der Waals surface area contributed by atoms with Crippen LogP contribution in [0.5, 0.6) is 0 Å². The second-order valence-electron chi connectivity index (χ2n) is 7.74. The number of aryl methyl sites for hydroxylation is 1. The average Bonchev–Trinajstić information content (AvgIpc) is 3.36. The molecule has 2 aromatic rings. The molecule has 2 fully saturated rings. The van der Waals surface area contributed by atoms with E-state index in [4.69, 9.17) is 0 Å². The molecule has 0 aliphatic carbocycles. The fourth-order valence-electron chi connectivity index (χ4n) is 4.66. The minimum Gasteiger partial charge on any atom is -0.339 e. The molecule has 0 saturated carbocycles. The lowest BCUT2D eigenvalue weighted by molar-refractivity contribution is -0.136. The first kappa shape index (κ1) is 18.7. The summed E-state index contributed by atoms with van der Waals surface area (Å²) < 4.78 is 1.11. The molecule has 3 nitrogen and oxygen atoms in total. The van der Waals surface area contributed by atoms with Crippen LogP contribution in [0.1, 0.15) is 36.3 Å². The van der Waals surface area contributed by atoms with Crippen LogP contribution in [0.25, 0.3) is 0 Å². The van der Waals surface area contributed by atoms with Crippen LogP contribution < -0.4 is 5.32 Å². The number of carbonyl (C=O) groups is 1. The first-order chi connectivity index (χ1) is 13.2. The Labute approximate surface area is 170 Å². The van der Waals surface area contributed by atoms with Gasteiger partial charge >= 0.3 is 0 Å². The Morgan fingerprint density at radius 2 is 1.85 bits per heavy atom. The van der Waals surface area contributed by atoms with Crippen molar-refractivity contribution in [1.82, 2.24) is 10.2 Å². The Hall–Kier alpha value is -1.65. The molecule has 0 radical (unpaired) electrons. The normalized spacial score (nSPS) is 25.1. The molecule has 2 aliphatic heterocycles. The van der Waals surface area contributed by atoms with E-state index in [9.17, 15) is 4.79 Å². The first-order valence-corrected chi connectivity index (χ1v) is 10.8. The third-order valence-electron chi connectivity index (χ3n) is 6.11. The van der Waals surface area contributed by atoms with Crippen LogP contribution in [0, 0.1) is 5.92 Å². The molecule has 0 bridgehead atoms. The number of likely N-dealkylation sites (tertiary alicyclic amines) is 1. The lowest BCUT2D eigenvalue weighted by Crippen LogP contribution is -2.42. The van der Waals surface area contributed by atoms with E-state index in [0.29, 0.717) is 11.9 Å². The zero-order chi connectivity index (χ0) is 18.6. The molecule has 2 heterocycles. The average molecular weight is 427 g/mol. The largest absolute Gasteiger partial charge is 0.339 e. The van der Waals surface area contributed by atoms with Gasteiger partial charge in [-0.2, -0.15) is 0 Å². The second kappa shape index (κ2) is 8.57. The predicted molar refractivity (Wildman–Crippen MR) is 113 cm³/mol. The second-order valence-corrected chi connectivity index (χ2v) is 8.60. The lowest BCUT2D eigenvalue weighted by Gasteiger charge is -2.30. The molecular weight excluding hydrogens is 400 g/mol. The smallest absolute Gasteiger partial charge is 0.227 e. The van der Waals surface area contributed by atoms with Crippen molar-refractivity contribution in [2.75, 3.05) is 19.6 Å². The minimum atomic E-state index is 0.0426. The van der Waals surface area contributed by atoms with Gasteiger partial charge < -0.3 is 10.2 Å². The van der Waals surface area contributed by atoms with Gasteiger partial charge in [0.05, 0.1) is 5.92 Å². The summed E-state index contributed by atoms with van der Waals surface area (Å²) in [5.74, 6) is 0.640. The van der Waals surface area contributed by atoms with Crippen molar-refractivity contribution in [3.05, 3.63) is 70.2 Å². The van der Waals surface area contributed by atoms with Gasteiger partial charge in [0.2, 0.25) is 5.91 Å². The van der Waals surface area contributed by atoms with E-state index in [-0.39, 0.29) is 11.8 Å². The van der Waals surface area contributed by atoms with Crippen LogP contribution in [0.2, 0.25) is 0 Å². The fourth-order valence-corrected chi connectivity index (χ4v) is 5.24. The van der Waals surface area contributed by atoms with Crippen LogP contribution in [-0.2, 0) is 11.2 Å². The summed E-state index contributed by atoms with van der Waals surface area (Å²) in [4.78, 5) is 15.6. The summed E-state index contributed by atoms with van der Waals surface area (Å²) in [6.07, 6.45) is 4.38. The molecule has 0 spiro atoms. The Balaban J connectivity index is 1.45. The van der Waals surface area contributed by atoms with Crippen molar-refractivity contribution in [3.8, 4) is 0 Å². The van der Waals surface area contributed by atoms with Gasteiger partial charge in [-0.15, -0.1) is 0 Å². The quantitative estimate of drug-likeness (QED) is 0.769. The van der Waals surface area contributed by atoms with Gasteiger partial charge in [0.1, 0.15) is 0 Å². The molecule has 0 aromatic heterocycles. The number of halogens is 1. The number of nitrogens with one attached hydrogen (secondary N) is 1. The number of nitrogens with zero attached hydrogens (tertiary/aromatic N) is 1. The van der Waals surface area contributed by atoms with Crippen LogP contribution in [0.3, 0.4) is 0 Å². The molecule has 2 aliphatic rings. The Morgan fingerprint density at radius 3 is 2.67 bits per heavy atom. The number of rotatable bonds is 5. The van der Waals surface area contributed by atoms with Gasteiger partial charge in [0.15, 0.2) is 0 Å². The van der Waals surface area contributed by atoms with E-state index < -0.39 is 0 Å². The van der Waals surface area contributed by atoms with Crippen molar-refractivity contribution in [2.24, 2.45) is 5.92 Å². The SMILES string of the molecule is O=C([C@@H]1CNC[C@H]1c1ccccc1Br)N1CCCC1CCc1ccccc1. The van der Waals surface area contributed by atoms with Crippen molar-refractivity contribution in [3.63, 3.8) is 0 Å². The molecule has 1 N–H and O–H groups in total. The summed E-state index contributed by atoms with van der Waals surface area (Å²) >= 11 is 3.68. The molecule has 4 rings (SSSR count). The molecule has 3 atom stereocenters. The topological polar surface area (TPSA) is 32.3 Å². The Bertz CT molecular complexity index is 779. The van der Waals surface area contributed by atoms with Gasteiger partial charge in [-0.25, -0.2) is 0 Å². The van der Waals surface area contributed by atoms with Crippen LogP contribution in [-0.4, -0.2) is 36.5 Å². The highest BCUT2D eigenvalue weighted by Crippen LogP contribution is 2.35. The maximum Gasteiger partial charge on any atom is 0.227 e. The molecule has 2 aromatic carbocycles. The zero-order valence-electron chi connectivity index (χ0n) is 15.6. The van der Waals surface area contributed by atoms with Gasteiger partial charge in [0, 0.05) is 36.1 Å². The van der Waals surface area contributed by atoms with Gasteiger partial charge in [0.25, 0.3) is 0 Å². The van der Waals surface area contributed by atoms with E-state index in [0.717, 1.165) is 49.8 Å². The Kier molecular flexibility index (Phi) is 5.94. The molecule has 1 unspecified atom stereocenters. The molecule has 2 saturated heterocycles. The molecular formula is C23H27BrN2O. The fraction of sp³-hybridized carbons (Fsp3) is 0.435. The summed E-state index contributed by atoms with van der Waals surface area (Å²) in [5.41, 5.74) is 2.62. The van der Waals surface area contributed by atoms with E-state index in [2.05, 4.69) is 74.7 Å². The maximum absolute atomic E-state index is 13.4. The van der Waals surface area contributed by atoms with E-state index >= 15 is 0 Å². The number of carbonyl (C=O) groups excluding carboxylic acids is 1. The molecule has 142 valence electrons. The maximum atomic E-state index is 13.4. The highest BCUT2D eigenvalue weighted by atomic mass is 79.9. The summed E-state index contributed by atoms with van der Waals surface area (Å²) in [7, 11) is 0. The van der Waals surface area contributed by atoms with Crippen LogP contribution in [0.4, 0.5) is 0 Å². The van der Waals surface area contributed by atoms with Crippen LogP contribution in [0.15, 0.2) is 59.1 Å². The predicted octanol–water partition coefficient (Wildman–Crippen LogP) is 4.38. The standard InChI is InChI=1S/C23H27BrN2O/c24-22-11-5-4-10-19(22)20-15-25-16-21(20)23(27)26-14-6-9-18(26)13-12-17-7-2-1-3-8-17/h1-5,7-8,10-11,18,20-21,25H,6,9,12-16H2/t18?,20-,21+/m0/s1. The van der Waals surface area contributed by atoms with E-state index in [1.807, 2.05) is 6.07 Å². The van der Waals surface area contributed by atoms with Gasteiger partial charge in [-0.1, -0.05) is 64.5 Å². The third-order valence-corrected chi connectivity index (χ3v) is 6.83. The van der Waals surface area contributed by atoms with Gasteiger partial charge in [-0.3, -0.25) is 4.79 Å². The Morgan fingerprint density at radius 1 is 1.07 bits per heavy atom. The number of hydrogen-bond acceptors (Lipinski definition) is 2. The van der Waals surface area contributed by atoms with Gasteiger partial charge in [-0.05, 0) is 42.9 Å². The highest BCUT2D eigenvalue weighted by Gasteiger charge is 2.40. The van der Waals surface area contributed by atoms with Crippen molar-refractivity contribution >= 4 is 21.8 Å². The summed E-state index contributed by atoms with van der Waals surface area (Å²) in [5, 5.41) is 3.46. The highest BCUT2D eigenvalue weighted by molar-refractivity contribution is 9.10. The molecule has 1 amide bonds. The zero-order valence-corrected chi connectivity index (χ0v) is 17.2. The number of hydrogen-bond donors (Lipinski definition) is 1. The first-order valence-electron chi connectivity index (χ1n) is 10.0. The summed E-state index contributed by atoms with van der Waals surface area (Å²) in [6.45, 7) is 2.58. The third kappa shape index (κ3) is 4.12. The number of amides is 1. The monoisotopic (exact) mass is 426 g/mol. The van der Waals surface area contributed by atoms with Crippen molar-refractivity contribution in [1.29, 1.82) is 0 Å². The van der Waals surface area contributed by atoms with Crippen LogP contribution >= 0.6 is 15.9 Å². The van der Waals surface area contributed by atoms with Crippen molar-refractivity contribution in [2.45, 2.75) is 37.6 Å². The molecule has 4 heteroatoms. The van der Waals surface area contributed by atoms with E-state index in [1.165, 1.54) is 11.1 Å². The van der Waals surface area contributed by atoms with Crippen molar-refractivity contribution < 1.29 is 4.79 Å². The minimum absolute atomic E-state index is 0.0426. The molecule has 27 heavy (non-hydrogen) atoms. The lowest BCUT2D eigenvalue weighted by atomic mass is 9.87.